The maximum atomic E-state index is 13.2. The fourth-order valence-corrected chi connectivity index (χ4v) is 2.50. The van der Waals surface area contributed by atoms with Crippen molar-refractivity contribution >= 4 is 0 Å². The van der Waals surface area contributed by atoms with E-state index in [0.29, 0.717) is 12.0 Å². The molecular formula is C13H16FNO. The van der Waals surface area contributed by atoms with Gasteiger partial charge in [0.05, 0.1) is 0 Å². The lowest BCUT2D eigenvalue weighted by Gasteiger charge is -2.32. The van der Waals surface area contributed by atoms with Crippen molar-refractivity contribution in [1.82, 2.24) is 5.32 Å². The average Bonchev–Trinajstić information content (AvgIpc) is 3.11. The highest BCUT2D eigenvalue weighted by molar-refractivity contribution is 5.38. The largest absolute Gasteiger partial charge is 0.490 e. The molecule has 1 aliphatic heterocycles. The predicted octanol–water partition coefficient (Wildman–Crippen LogP) is 2.65. The molecule has 2 nitrogen and oxygen atoms in total. The van der Waals surface area contributed by atoms with Crippen molar-refractivity contribution in [3.8, 4) is 5.75 Å². The number of halogens is 1. The second kappa shape index (κ2) is 3.74. The van der Waals surface area contributed by atoms with Gasteiger partial charge in [0.15, 0.2) is 0 Å². The molecule has 0 amide bonds. The van der Waals surface area contributed by atoms with Crippen molar-refractivity contribution in [2.75, 3.05) is 7.05 Å². The Bertz CT molecular complexity index is 403. The van der Waals surface area contributed by atoms with Gasteiger partial charge in [-0.15, -0.1) is 0 Å². The van der Waals surface area contributed by atoms with Gasteiger partial charge in [-0.2, -0.15) is 0 Å². The SMILES string of the molecule is CNC1CC(C2CC2)Oc2ccc(F)cc21. The van der Waals surface area contributed by atoms with Gasteiger partial charge in [0, 0.05) is 18.0 Å². The van der Waals surface area contributed by atoms with Gasteiger partial charge in [-0.05, 0) is 44.0 Å². The van der Waals surface area contributed by atoms with E-state index < -0.39 is 0 Å². The van der Waals surface area contributed by atoms with E-state index in [4.69, 9.17) is 4.74 Å². The molecule has 1 aliphatic carbocycles. The molecule has 0 bridgehead atoms. The minimum atomic E-state index is -0.188. The highest BCUT2D eigenvalue weighted by atomic mass is 19.1. The van der Waals surface area contributed by atoms with Crippen LogP contribution in [0.3, 0.4) is 0 Å². The number of benzene rings is 1. The molecule has 0 aromatic heterocycles. The van der Waals surface area contributed by atoms with Crippen LogP contribution >= 0.6 is 0 Å². The van der Waals surface area contributed by atoms with Crippen LogP contribution in [0.15, 0.2) is 18.2 Å². The summed E-state index contributed by atoms with van der Waals surface area (Å²) in [6.45, 7) is 0. The van der Waals surface area contributed by atoms with Crippen LogP contribution < -0.4 is 10.1 Å². The van der Waals surface area contributed by atoms with Crippen molar-refractivity contribution in [3.05, 3.63) is 29.6 Å². The van der Waals surface area contributed by atoms with Gasteiger partial charge in [0.2, 0.25) is 0 Å². The molecule has 1 fully saturated rings. The summed E-state index contributed by atoms with van der Waals surface area (Å²) in [7, 11) is 1.93. The Hall–Kier alpha value is -1.09. The quantitative estimate of drug-likeness (QED) is 0.829. The van der Waals surface area contributed by atoms with Crippen LogP contribution in [0.4, 0.5) is 4.39 Å². The van der Waals surface area contributed by atoms with Crippen LogP contribution in [-0.4, -0.2) is 13.2 Å². The van der Waals surface area contributed by atoms with Gasteiger partial charge < -0.3 is 10.1 Å². The van der Waals surface area contributed by atoms with Gasteiger partial charge in [-0.3, -0.25) is 0 Å². The van der Waals surface area contributed by atoms with E-state index in [-0.39, 0.29) is 11.9 Å². The van der Waals surface area contributed by atoms with E-state index in [2.05, 4.69) is 5.32 Å². The summed E-state index contributed by atoms with van der Waals surface area (Å²) >= 11 is 0. The van der Waals surface area contributed by atoms with E-state index in [1.807, 2.05) is 7.05 Å². The van der Waals surface area contributed by atoms with Crippen LogP contribution in [-0.2, 0) is 0 Å². The molecular weight excluding hydrogens is 205 g/mol. The molecule has 1 N–H and O–H groups in total. The standard InChI is InChI=1S/C13H16FNO/c1-15-11-7-13(8-2-3-8)16-12-5-4-9(14)6-10(11)12/h4-6,8,11,13,15H,2-3,7H2,1H3. The summed E-state index contributed by atoms with van der Waals surface area (Å²) < 4.78 is 19.1. The average molecular weight is 221 g/mol. The van der Waals surface area contributed by atoms with Crippen LogP contribution in [0.2, 0.25) is 0 Å². The Kier molecular flexibility index (Phi) is 2.36. The topological polar surface area (TPSA) is 21.3 Å². The minimum Gasteiger partial charge on any atom is -0.490 e. The fraction of sp³-hybridized carbons (Fsp3) is 0.538. The normalized spacial score (nSPS) is 28.4. The summed E-state index contributed by atoms with van der Waals surface area (Å²) in [5, 5.41) is 3.25. The maximum Gasteiger partial charge on any atom is 0.124 e. The first kappa shape index (κ1) is 10.1. The fourth-order valence-electron chi connectivity index (χ4n) is 2.50. The first-order valence-electron chi connectivity index (χ1n) is 5.91. The molecule has 16 heavy (non-hydrogen) atoms. The number of hydrogen-bond donors (Lipinski definition) is 1. The molecule has 1 aromatic rings. The third-order valence-corrected chi connectivity index (χ3v) is 3.59. The minimum absolute atomic E-state index is 0.188. The zero-order valence-corrected chi connectivity index (χ0v) is 9.37. The molecule has 3 heteroatoms. The summed E-state index contributed by atoms with van der Waals surface area (Å²) in [5.74, 6) is 1.38. The molecule has 1 saturated carbocycles. The van der Waals surface area contributed by atoms with E-state index in [9.17, 15) is 4.39 Å². The van der Waals surface area contributed by atoms with E-state index >= 15 is 0 Å². The zero-order chi connectivity index (χ0) is 11.1. The summed E-state index contributed by atoms with van der Waals surface area (Å²) in [6.07, 6.45) is 3.82. The van der Waals surface area contributed by atoms with Crippen LogP contribution in [0, 0.1) is 11.7 Å². The molecule has 0 saturated heterocycles. The number of ether oxygens (including phenoxy) is 1. The van der Waals surface area contributed by atoms with Crippen LogP contribution in [0.5, 0.6) is 5.75 Å². The van der Waals surface area contributed by atoms with Gasteiger partial charge in [-0.1, -0.05) is 0 Å². The lowest BCUT2D eigenvalue weighted by atomic mass is 9.94. The predicted molar refractivity (Wildman–Crippen MR) is 60.0 cm³/mol. The number of nitrogens with one attached hydrogen (secondary N) is 1. The summed E-state index contributed by atoms with van der Waals surface area (Å²) in [5.41, 5.74) is 0.958. The van der Waals surface area contributed by atoms with E-state index in [1.165, 1.54) is 18.9 Å². The molecule has 0 radical (unpaired) electrons. The monoisotopic (exact) mass is 221 g/mol. The smallest absolute Gasteiger partial charge is 0.124 e. The summed E-state index contributed by atoms with van der Waals surface area (Å²) in [4.78, 5) is 0. The van der Waals surface area contributed by atoms with Gasteiger partial charge in [-0.25, -0.2) is 4.39 Å². The zero-order valence-electron chi connectivity index (χ0n) is 9.37. The van der Waals surface area contributed by atoms with Gasteiger partial charge in [0.1, 0.15) is 17.7 Å². The van der Waals surface area contributed by atoms with Crippen molar-refractivity contribution < 1.29 is 9.13 Å². The van der Waals surface area contributed by atoms with E-state index in [1.54, 1.807) is 12.1 Å². The Morgan fingerprint density at radius 2 is 2.19 bits per heavy atom. The van der Waals surface area contributed by atoms with Crippen LogP contribution in [0.1, 0.15) is 30.9 Å². The molecule has 1 aromatic carbocycles. The van der Waals surface area contributed by atoms with Crippen molar-refractivity contribution in [2.45, 2.75) is 31.4 Å². The summed E-state index contributed by atoms with van der Waals surface area (Å²) in [6, 6.07) is 5.04. The molecule has 2 atom stereocenters. The molecule has 0 spiro atoms. The lowest BCUT2D eigenvalue weighted by molar-refractivity contribution is 0.131. The molecule has 3 rings (SSSR count). The first-order chi connectivity index (χ1) is 7.78. The van der Waals surface area contributed by atoms with Crippen molar-refractivity contribution in [2.24, 2.45) is 5.92 Å². The highest BCUT2D eigenvalue weighted by Gasteiger charge is 2.38. The van der Waals surface area contributed by atoms with Crippen LogP contribution in [0.25, 0.3) is 0 Å². The Morgan fingerprint density at radius 3 is 2.88 bits per heavy atom. The van der Waals surface area contributed by atoms with Gasteiger partial charge >= 0.3 is 0 Å². The number of hydrogen-bond acceptors (Lipinski definition) is 2. The molecule has 2 unspecified atom stereocenters. The third kappa shape index (κ3) is 1.69. The van der Waals surface area contributed by atoms with Crippen molar-refractivity contribution in [1.29, 1.82) is 0 Å². The molecule has 1 heterocycles. The van der Waals surface area contributed by atoms with E-state index in [0.717, 1.165) is 17.7 Å². The second-order valence-corrected chi connectivity index (χ2v) is 4.75. The number of fused-ring (bicyclic) bond motifs is 1. The highest BCUT2D eigenvalue weighted by Crippen LogP contribution is 2.43. The third-order valence-electron chi connectivity index (χ3n) is 3.59. The Balaban J connectivity index is 1.93. The molecule has 2 aliphatic rings. The lowest BCUT2D eigenvalue weighted by Crippen LogP contribution is -2.32. The second-order valence-electron chi connectivity index (χ2n) is 4.75. The molecule has 86 valence electrons. The van der Waals surface area contributed by atoms with Gasteiger partial charge in [0.25, 0.3) is 0 Å². The first-order valence-corrected chi connectivity index (χ1v) is 5.91. The van der Waals surface area contributed by atoms with Crippen molar-refractivity contribution in [3.63, 3.8) is 0 Å². The maximum absolute atomic E-state index is 13.2. The Morgan fingerprint density at radius 1 is 1.38 bits per heavy atom. The number of rotatable bonds is 2. The Labute approximate surface area is 94.8 Å².